The van der Waals surface area contributed by atoms with Gasteiger partial charge >= 0.3 is 96.9 Å². The van der Waals surface area contributed by atoms with Gasteiger partial charge in [-0.25, -0.2) is 0 Å². The minimum absolute atomic E-state index is 0.789. The summed E-state index contributed by atoms with van der Waals surface area (Å²) in [7, 11) is -1.62. The van der Waals surface area contributed by atoms with Crippen LogP contribution in [0.1, 0.15) is 25.7 Å². The fraction of sp³-hybridized carbons (Fsp3) is 1.00. The molecule has 0 N–H and O–H groups in total. The summed E-state index contributed by atoms with van der Waals surface area (Å²) in [5.41, 5.74) is 1.18. The van der Waals surface area contributed by atoms with Crippen LogP contribution in [0.4, 0.5) is 0 Å². The standard InChI is InChI=1S/C13H30P2/c1-14(2)9-7-13-10-12(11-14)6-5-8-15(13,3)4/h12-15H,5-11H2,1-4H3. The summed E-state index contributed by atoms with van der Waals surface area (Å²) in [5.74, 6) is 1.13. The first-order valence-corrected chi connectivity index (χ1v) is 13.6. The van der Waals surface area contributed by atoms with E-state index in [0.29, 0.717) is 0 Å². The molecule has 0 saturated carbocycles. The van der Waals surface area contributed by atoms with E-state index in [2.05, 4.69) is 26.7 Å². The molecule has 0 nitrogen and oxygen atoms in total. The third-order valence-electron chi connectivity index (χ3n) is 5.17. The van der Waals surface area contributed by atoms with E-state index in [-0.39, 0.29) is 0 Å². The zero-order chi connectivity index (χ0) is 11.1. The summed E-state index contributed by atoms with van der Waals surface area (Å²) in [4.78, 5) is 0. The van der Waals surface area contributed by atoms with E-state index in [1.54, 1.807) is 44.2 Å². The zero-order valence-corrected chi connectivity index (χ0v) is 13.1. The van der Waals surface area contributed by atoms with Crippen LogP contribution in [0.2, 0.25) is 0 Å². The van der Waals surface area contributed by atoms with E-state index in [1.807, 2.05) is 0 Å². The molecule has 0 aromatic rings. The van der Waals surface area contributed by atoms with Gasteiger partial charge in [-0.15, -0.1) is 0 Å². The van der Waals surface area contributed by atoms with Gasteiger partial charge in [0.25, 0.3) is 0 Å². The van der Waals surface area contributed by atoms with Crippen LogP contribution in [0.3, 0.4) is 0 Å². The monoisotopic (exact) mass is 248 g/mol. The van der Waals surface area contributed by atoms with E-state index in [4.69, 9.17) is 0 Å². The van der Waals surface area contributed by atoms with Crippen LogP contribution in [0.15, 0.2) is 0 Å². The molecular formula is C13H30P2. The molecule has 2 unspecified atom stereocenters. The summed E-state index contributed by atoms with van der Waals surface area (Å²) in [6, 6.07) is 0. The van der Waals surface area contributed by atoms with Crippen molar-refractivity contribution in [1.82, 2.24) is 0 Å². The zero-order valence-electron chi connectivity index (χ0n) is 11.1. The van der Waals surface area contributed by atoms with Crippen LogP contribution in [0.25, 0.3) is 0 Å². The Balaban J connectivity index is 2.16. The fourth-order valence-corrected chi connectivity index (χ4v) is 11.0. The number of hydrogen-bond acceptors (Lipinski definition) is 0. The van der Waals surface area contributed by atoms with Crippen LogP contribution < -0.4 is 0 Å². The fourth-order valence-electron chi connectivity index (χ4n) is 4.03. The molecule has 2 aliphatic heterocycles. The molecule has 2 bridgehead atoms. The van der Waals surface area contributed by atoms with Crippen LogP contribution >= 0.6 is 14.5 Å². The Labute approximate surface area is 97.3 Å². The molecule has 15 heavy (non-hydrogen) atoms. The molecule has 2 heteroatoms. The van der Waals surface area contributed by atoms with Crippen molar-refractivity contribution in [3.63, 3.8) is 0 Å². The molecule has 2 rings (SSSR count). The molecule has 92 valence electrons. The van der Waals surface area contributed by atoms with E-state index < -0.39 is 14.5 Å². The molecule has 0 aromatic carbocycles. The Morgan fingerprint density at radius 1 is 0.933 bits per heavy atom. The Morgan fingerprint density at radius 2 is 1.67 bits per heavy atom. The molecule has 2 saturated heterocycles. The number of fused-ring (bicyclic) bond motifs is 2. The van der Waals surface area contributed by atoms with E-state index in [1.165, 1.54) is 5.66 Å². The van der Waals surface area contributed by atoms with Crippen LogP contribution in [-0.4, -0.2) is 50.8 Å². The van der Waals surface area contributed by atoms with Gasteiger partial charge in [-0.05, 0) is 0 Å². The van der Waals surface area contributed by atoms with Crippen molar-refractivity contribution < 1.29 is 0 Å². The van der Waals surface area contributed by atoms with Crippen molar-refractivity contribution in [3.8, 4) is 0 Å². The molecule has 0 amide bonds. The topological polar surface area (TPSA) is 0 Å². The molecular weight excluding hydrogens is 218 g/mol. The Kier molecular flexibility index (Phi) is 3.51. The van der Waals surface area contributed by atoms with Crippen molar-refractivity contribution in [2.75, 3.05) is 45.1 Å². The van der Waals surface area contributed by atoms with E-state index in [0.717, 1.165) is 5.92 Å². The van der Waals surface area contributed by atoms with E-state index in [9.17, 15) is 0 Å². The summed E-state index contributed by atoms with van der Waals surface area (Å²) >= 11 is 0. The minimum atomic E-state index is -0.833. The predicted octanol–water partition coefficient (Wildman–Crippen LogP) is 3.58. The molecule has 0 radical (unpaired) electrons. The summed E-state index contributed by atoms with van der Waals surface area (Å²) in [6.45, 7) is 10.6. The summed E-state index contributed by atoms with van der Waals surface area (Å²) < 4.78 is 0. The average Bonchev–Trinajstić information content (AvgIpc) is 2.30. The van der Waals surface area contributed by atoms with E-state index >= 15 is 0 Å². The Hall–Kier alpha value is 0.860. The van der Waals surface area contributed by atoms with Crippen molar-refractivity contribution in [2.45, 2.75) is 31.3 Å². The Morgan fingerprint density at radius 3 is 2.40 bits per heavy atom. The molecule has 0 aliphatic carbocycles. The van der Waals surface area contributed by atoms with Gasteiger partial charge in [0.15, 0.2) is 0 Å². The quantitative estimate of drug-likeness (QED) is 0.575. The maximum atomic E-state index is 2.67. The van der Waals surface area contributed by atoms with Gasteiger partial charge in [0.2, 0.25) is 0 Å². The van der Waals surface area contributed by atoms with Crippen LogP contribution in [0, 0.1) is 5.92 Å². The molecule has 2 atom stereocenters. The van der Waals surface area contributed by atoms with Crippen molar-refractivity contribution >= 4 is 14.5 Å². The summed E-state index contributed by atoms with van der Waals surface area (Å²) in [6.07, 6.45) is 11.3. The molecule has 2 aliphatic rings. The first-order valence-electron chi connectivity index (χ1n) is 6.89. The van der Waals surface area contributed by atoms with Crippen LogP contribution in [-0.2, 0) is 0 Å². The van der Waals surface area contributed by atoms with Gasteiger partial charge < -0.3 is 0 Å². The maximum absolute atomic E-state index is 2.67. The number of hydrogen-bond donors (Lipinski definition) is 0. The van der Waals surface area contributed by atoms with Gasteiger partial charge in [-0.1, -0.05) is 0 Å². The predicted molar refractivity (Wildman–Crippen MR) is 80.7 cm³/mol. The third kappa shape index (κ3) is 2.95. The molecule has 2 heterocycles. The second kappa shape index (κ2) is 4.27. The number of rotatable bonds is 0. The SMILES string of the molecule is C[PH]1(C)CCC2CC(CCC[PH]2(C)C)C1. The van der Waals surface area contributed by atoms with Crippen molar-refractivity contribution in [1.29, 1.82) is 0 Å². The first-order chi connectivity index (χ1) is 6.89. The van der Waals surface area contributed by atoms with Crippen molar-refractivity contribution in [2.24, 2.45) is 5.92 Å². The van der Waals surface area contributed by atoms with Gasteiger partial charge in [-0.2, -0.15) is 0 Å². The molecule has 2 fully saturated rings. The normalized spacial score (nSPS) is 43.5. The molecule has 0 aromatic heterocycles. The van der Waals surface area contributed by atoms with Gasteiger partial charge in [0.05, 0.1) is 0 Å². The van der Waals surface area contributed by atoms with Crippen molar-refractivity contribution in [3.05, 3.63) is 0 Å². The second-order valence-electron chi connectivity index (χ2n) is 7.59. The summed E-state index contributed by atoms with van der Waals surface area (Å²) in [5, 5.41) is 0. The van der Waals surface area contributed by atoms with Crippen LogP contribution in [0.5, 0.6) is 0 Å². The van der Waals surface area contributed by atoms with Gasteiger partial charge in [-0.3, -0.25) is 0 Å². The average molecular weight is 248 g/mol. The Bertz CT molecular complexity index is 233. The van der Waals surface area contributed by atoms with Gasteiger partial charge in [0, 0.05) is 0 Å². The van der Waals surface area contributed by atoms with Gasteiger partial charge in [0.1, 0.15) is 0 Å². The first kappa shape index (κ1) is 12.3. The third-order valence-corrected chi connectivity index (χ3v) is 12.9. The molecule has 0 spiro atoms. The second-order valence-corrected chi connectivity index (χ2v) is 18.1.